The number of amides is 2. The Morgan fingerprint density at radius 2 is 1.69 bits per heavy atom. The minimum Gasteiger partial charge on any atom is -0.444 e. The maximum absolute atomic E-state index is 12.1. The average Bonchev–Trinajstić information content (AvgIpc) is 2.71. The minimum atomic E-state index is -0.780. The molecule has 2 amide bonds. The Balaban J connectivity index is 1.89. The van der Waals surface area contributed by atoms with E-state index < -0.39 is 28.8 Å². The van der Waals surface area contributed by atoms with Crippen LogP contribution in [0.15, 0.2) is 54.6 Å². The predicted octanol–water partition coefficient (Wildman–Crippen LogP) is 3.79. The molecule has 0 spiro atoms. The summed E-state index contributed by atoms with van der Waals surface area (Å²) in [5.41, 5.74) is 0.172. The molecule has 10 nitrogen and oxygen atoms in total. The van der Waals surface area contributed by atoms with Crippen LogP contribution in [0.3, 0.4) is 0 Å². The molecule has 0 heterocycles. The Labute approximate surface area is 186 Å². The molecule has 0 aliphatic heterocycles. The summed E-state index contributed by atoms with van der Waals surface area (Å²) in [6.45, 7) is 5.69. The third kappa shape index (κ3) is 9.43. The molecule has 0 radical (unpaired) electrons. The Bertz CT molecular complexity index is 896. The van der Waals surface area contributed by atoms with E-state index in [0.717, 1.165) is 5.56 Å². The fraction of sp³-hybridized carbons (Fsp3) is 0.364. The summed E-state index contributed by atoms with van der Waals surface area (Å²) in [4.78, 5) is 34.4. The van der Waals surface area contributed by atoms with E-state index in [4.69, 9.17) is 14.2 Å². The van der Waals surface area contributed by atoms with Gasteiger partial charge in [-0.1, -0.05) is 30.3 Å². The van der Waals surface area contributed by atoms with Crippen molar-refractivity contribution < 1.29 is 28.7 Å². The zero-order chi connectivity index (χ0) is 23.6. The molecule has 2 N–H and O–H groups in total. The number of non-ortho nitro benzene ring substituents is 1. The van der Waals surface area contributed by atoms with Crippen LogP contribution in [0.4, 0.5) is 15.3 Å². The molecule has 0 aromatic heterocycles. The van der Waals surface area contributed by atoms with E-state index in [-0.39, 0.29) is 24.6 Å². The van der Waals surface area contributed by atoms with E-state index >= 15 is 0 Å². The lowest BCUT2D eigenvalue weighted by Crippen LogP contribution is -2.48. The van der Waals surface area contributed by atoms with Gasteiger partial charge in [-0.2, -0.15) is 0 Å². The number of hydrogen-bond acceptors (Lipinski definition) is 7. The largest absolute Gasteiger partial charge is 0.444 e. The third-order valence-corrected chi connectivity index (χ3v) is 3.90. The molecule has 0 bridgehead atoms. The molecular formula is C22H27N3O7. The Hall–Kier alpha value is -3.66. The summed E-state index contributed by atoms with van der Waals surface area (Å²) >= 11 is 0. The lowest BCUT2D eigenvalue weighted by molar-refractivity contribution is -0.384. The first-order valence-electron chi connectivity index (χ1n) is 9.94. The van der Waals surface area contributed by atoms with Gasteiger partial charge in [-0.3, -0.25) is 10.1 Å². The lowest BCUT2D eigenvalue weighted by Gasteiger charge is -2.24. The van der Waals surface area contributed by atoms with E-state index in [9.17, 15) is 19.7 Å². The molecule has 2 rings (SSSR count). The van der Waals surface area contributed by atoms with E-state index in [0.29, 0.717) is 6.61 Å². The van der Waals surface area contributed by atoms with Crippen molar-refractivity contribution in [1.82, 2.24) is 10.6 Å². The number of benzene rings is 2. The Morgan fingerprint density at radius 1 is 1.03 bits per heavy atom. The first-order valence-corrected chi connectivity index (χ1v) is 9.94. The van der Waals surface area contributed by atoms with Crippen LogP contribution in [0.2, 0.25) is 0 Å². The quantitative estimate of drug-likeness (QED) is 0.444. The van der Waals surface area contributed by atoms with Gasteiger partial charge in [0, 0.05) is 18.7 Å². The highest BCUT2D eigenvalue weighted by Gasteiger charge is 2.20. The monoisotopic (exact) mass is 445 g/mol. The first-order chi connectivity index (χ1) is 15.1. The minimum absolute atomic E-state index is 0.0137. The Kier molecular flexibility index (Phi) is 8.96. The summed E-state index contributed by atoms with van der Waals surface area (Å²) in [5, 5.41) is 15.9. The molecule has 0 aliphatic carbocycles. The van der Waals surface area contributed by atoms with Gasteiger partial charge in [0.05, 0.1) is 24.2 Å². The fourth-order valence-corrected chi connectivity index (χ4v) is 2.50. The van der Waals surface area contributed by atoms with Crippen LogP contribution >= 0.6 is 0 Å². The number of nitro groups is 1. The summed E-state index contributed by atoms with van der Waals surface area (Å²) in [7, 11) is 0. The highest BCUT2D eigenvalue weighted by molar-refractivity contribution is 5.71. The van der Waals surface area contributed by atoms with Crippen molar-refractivity contribution in [2.45, 2.75) is 39.0 Å². The second-order valence-electron chi connectivity index (χ2n) is 7.87. The third-order valence-electron chi connectivity index (χ3n) is 3.90. The number of nitrogens with zero attached hydrogens (tertiary/aromatic N) is 1. The second kappa shape index (κ2) is 11.7. The number of carbonyl (C=O) groups excluding carboxylic acids is 2. The van der Waals surface area contributed by atoms with Crippen LogP contribution < -0.4 is 15.4 Å². The van der Waals surface area contributed by atoms with Gasteiger partial charge in [0.25, 0.3) is 5.69 Å². The summed E-state index contributed by atoms with van der Waals surface area (Å²) in [6, 6.07) is 14.0. The molecule has 32 heavy (non-hydrogen) atoms. The highest BCUT2D eigenvalue weighted by Crippen LogP contribution is 2.17. The molecule has 0 saturated carbocycles. The number of nitrogens with one attached hydrogen (secondary N) is 2. The molecule has 0 aliphatic rings. The highest BCUT2D eigenvalue weighted by atomic mass is 16.6. The SMILES string of the molecule is CC(C)(C)OC(=O)N[C@H](CNC(=O)Oc1ccc([N+](=O)[O-])cc1)COCc1ccccc1. The number of nitro benzene ring substituents is 1. The molecule has 172 valence electrons. The maximum Gasteiger partial charge on any atom is 0.412 e. The van der Waals surface area contributed by atoms with Crippen molar-refractivity contribution in [3.63, 3.8) is 0 Å². The standard InChI is InChI=1S/C22H27N3O7/c1-22(2,3)32-21(27)24-17(15-30-14-16-7-5-4-6-8-16)13-23-20(26)31-19-11-9-18(10-12-19)25(28)29/h4-12,17H,13-15H2,1-3H3,(H,23,26)(H,24,27)/t17-/m1/s1. The van der Waals surface area contributed by atoms with Crippen LogP contribution in [0.5, 0.6) is 5.75 Å². The van der Waals surface area contributed by atoms with Crippen LogP contribution in [0.25, 0.3) is 0 Å². The summed E-state index contributed by atoms with van der Waals surface area (Å²) in [6.07, 6.45) is -1.42. The molecule has 2 aromatic carbocycles. The van der Waals surface area contributed by atoms with E-state index in [2.05, 4.69) is 10.6 Å². The zero-order valence-corrected chi connectivity index (χ0v) is 18.2. The van der Waals surface area contributed by atoms with Crippen molar-refractivity contribution in [2.24, 2.45) is 0 Å². The second-order valence-corrected chi connectivity index (χ2v) is 7.87. The van der Waals surface area contributed by atoms with Gasteiger partial charge < -0.3 is 24.8 Å². The average molecular weight is 445 g/mol. The van der Waals surface area contributed by atoms with Crippen molar-refractivity contribution in [2.75, 3.05) is 13.2 Å². The van der Waals surface area contributed by atoms with E-state index in [1.165, 1.54) is 24.3 Å². The van der Waals surface area contributed by atoms with Gasteiger partial charge >= 0.3 is 12.2 Å². The van der Waals surface area contributed by atoms with Gasteiger partial charge in [-0.05, 0) is 38.5 Å². The fourth-order valence-electron chi connectivity index (χ4n) is 2.50. The van der Waals surface area contributed by atoms with E-state index in [1.807, 2.05) is 30.3 Å². The van der Waals surface area contributed by atoms with Gasteiger partial charge in [0.15, 0.2) is 0 Å². The van der Waals surface area contributed by atoms with Crippen molar-refractivity contribution in [1.29, 1.82) is 0 Å². The van der Waals surface area contributed by atoms with Crippen molar-refractivity contribution in [3.05, 3.63) is 70.3 Å². The van der Waals surface area contributed by atoms with Gasteiger partial charge in [0.2, 0.25) is 0 Å². The molecule has 0 fully saturated rings. The first kappa shape index (κ1) is 24.6. The van der Waals surface area contributed by atoms with Crippen LogP contribution in [0, 0.1) is 10.1 Å². The number of ether oxygens (including phenoxy) is 3. The maximum atomic E-state index is 12.1. The number of carbonyl (C=O) groups is 2. The molecule has 10 heteroatoms. The van der Waals surface area contributed by atoms with Crippen molar-refractivity contribution >= 4 is 17.9 Å². The number of hydrogen-bond donors (Lipinski definition) is 2. The normalized spacial score (nSPS) is 11.8. The van der Waals surface area contributed by atoms with Crippen LogP contribution in [-0.2, 0) is 16.1 Å². The summed E-state index contributed by atoms with van der Waals surface area (Å²) < 4.78 is 16.0. The van der Waals surface area contributed by atoms with Gasteiger partial charge in [0.1, 0.15) is 11.4 Å². The topological polar surface area (TPSA) is 129 Å². The Morgan fingerprint density at radius 3 is 2.28 bits per heavy atom. The van der Waals surface area contributed by atoms with E-state index in [1.54, 1.807) is 20.8 Å². The van der Waals surface area contributed by atoms with Crippen molar-refractivity contribution in [3.8, 4) is 5.75 Å². The molecule has 0 saturated heterocycles. The molecule has 2 aromatic rings. The van der Waals surface area contributed by atoms with Gasteiger partial charge in [-0.15, -0.1) is 0 Å². The number of rotatable bonds is 9. The predicted molar refractivity (Wildman–Crippen MR) is 116 cm³/mol. The number of alkyl carbamates (subject to hydrolysis) is 1. The molecule has 1 atom stereocenters. The van der Waals surface area contributed by atoms with Crippen LogP contribution in [-0.4, -0.2) is 41.9 Å². The summed E-state index contributed by atoms with van der Waals surface area (Å²) in [5.74, 6) is 0.144. The lowest BCUT2D eigenvalue weighted by atomic mass is 10.2. The smallest absolute Gasteiger partial charge is 0.412 e. The molecular weight excluding hydrogens is 418 g/mol. The van der Waals surface area contributed by atoms with Gasteiger partial charge in [-0.25, -0.2) is 9.59 Å². The van der Waals surface area contributed by atoms with Crippen LogP contribution in [0.1, 0.15) is 26.3 Å². The molecule has 0 unspecified atom stereocenters. The zero-order valence-electron chi connectivity index (χ0n) is 18.2.